The van der Waals surface area contributed by atoms with E-state index in [2.05, 4.69) is 44.6 Å². The van der Waals surface area contributed by atoms with Gasteiger partial charge < -0.3 is 5.32 Å². The van der Waals surface area contributed by atoms with Crippen molar-refractivity contribution in [3.8, 4) is 0 Å². The highest BCUT2D eigenvalue weighted by atomic mass is 79.9. The quantitative estimate of drug-likeness (QED) is 0.905. The molecule has 0 bridgehead atoms. The van der Waals surface area contributed by atoms with Crippen LogP contribution >= 0.6 is 39.0 Å². The molecule has 1 aliphatic heterocycles. The summed E-state index contributed by atoms with van der Waals surface area (Å²) >= 11 is 6.99. The minimum Gasteiger partial charge on any atom is -0.362 e. The van der Waals surface area contributed by atoms with Crippen LogP contribution in [0.25, 0.3) is 0 Å². The lowest BCUT2D eigenvalue weighted by atomic mass is 10.4. The van der Waals surface area contributed by atoms with Crippen LogP contribution in [0.2, 0.25) is 0 Å². The van der Waals surface area contributed by atoms with E-state index < -0.39 is 0 Å². The molecule has 76 valence electrons. The SMILES string of the molecule is CC1CSC(=NCc2cc(Br)cs2)N1. The molecule has 1 unspecified atom stereocenters. The predicted octanol–water partition coefficient (Wildman–Crippen LogP) is 3.09. The summed E-state index contributed by atoms with van der Waals surface area (Å²) < 4.78 is 1.15. The largest absolute Gasteiger partial charge is 0.362 e. The standard InChI is InChI=1S/C9H11BrN2S2/c1-6-4-14-9(12-6)11-3-8-2-7(10)5-13-8/h2,5-6H,3-4H2,1H3,(H,11,12). The molecule has 1 N–H and O–H groups in total. The van der Waals surface area contributed by atoms with Crippen LogP contribution in [-0.4, -0.2) is 17.0 Å². The van der Waals surface area contributed by atoms with Crippen LogP contribution in [0.4, 0.5) is 0 Å². The number of halogens is 1. The molecular weight excluding hydrogens is 280 g/mol. The normalized spacial score (nSPS) is 24.1. The van der Waals surface area contributed by atoms with Gasteiger partial charge in [-0.05, 0) is 28.9 Å². The molecule has 1 aromatic heterocycles. The molecule has 1 aliphatic rings. The summed E-state index contributed by atoms with van der Waals surface area (Å²) in [5.41, 5.74) is 0. The highest BCUT2D eigenvalue weighted by molar-refractivity contribution is 9.10. The number of nitrogens with zero attached hydrogens (tertiary/aromatic N) is 1. The molecule has 14 heavy (non-hydrogen) atoms. The summed E-state index contributed by atoms with van der Waals surface area (Å²) in [6.45, 7) is 2.97. The second kappa shape index (κ2) is 4.68. The highest BCUT2D eigenvalue weighted by Crippen LogP contribution is 2.21. The fraction of sp³-hybridized carbons (Fsp3) is 0.444. The van der Waals surface area contributed by atoms with Gasteiger partial charge in [-0.1, -0.05) is 11.8 Å². The number of amidine groups is 1. The van der Waals surface area contributed by atoms with Crippen LogP contribution in [0, 0.1) is 0 Å². The van der Waals surface area contributed by atoms with Crippen molar-refractivity contribution >= 4 is 44.2 Å². The first-order valence-corrected chi connectivity index (χ1v) is 7.06. The highest BCUT2D eigenvalue weighted by Gasteiger charge is 2.14. The van der Waals surface area contributed by atoms with Gasteiger partial charge >= 0.3 is 0 Å². The zero-order chi connectivity index (χ0) is 9.97. The van der Waals surface area contributed by atoms with Crippen LogP contribution in [0.5, 0.6) is 0 Å². The zero-order valence-corrected chi connectivity index (χ0v) is 11.0. The molecule has 2 heterocycles. The fourth-order valence-electron chi connectivity index (χ4n) is 1.18. The predicted molar refractivity (Wildman–Crippen MR) is 68.2 cm³/mol. The van der Waals surface area contributed by atoms with Crippen molar-refractivity contribution in [2.75, 3.05) is 5.75 Å². The molecule has 0 aliphatic carbocycles. The number of rotatable bonds is 2. The summed E-state index contributed by atoms with van der Waals surface area (Å²) in [5, 5.41) is 6.51. The van der Waals surface area contributed by atoms with Crippen molar-refractivity contribution in [3.05, 3.63) is 20.8 Å². The van der Waals surface area contributed by atoms with E-state index in [1.54, 1.807) is 11.3 Å². The molecule has 1 aromatic rings. The number of hydrogen-bond acceptors (Lipinski definition) is 3. The van der Waals surface area contributed by atoms with Crippen molar-refractivity contribution in [1.82, 2.24) is 5.32 Å². The Bertz CT molecular complexity index is 348. The van der Waals surface area contributed by atoms with Crippen LogP contribution in [0.15, 0.2) is 20.9 Å². The zero-order valence-electron chi connectivity index (χ0n) is 7.79. The molecule has 1 fully saturated rings. The molecule has 0 aromatic carbocycles. The minimum absolute atomic E-state index is 0.564. The Kier molecular flexibility index (Phi) is 3.52. The first kappa shape index (κ1) is 10.5. The van der Waals surface area contributed by atoms with Crippen LogP contribution < -0.4 is 5.32 Å². The van der Waals surface area contributed by atoms with Crippen LogP contribution in [0.3, 0.4) is 0 Å². The molecule has 5 heteroatoms. The average Bonchev–Trinajstić information content (AvgIpc) is 2.72. The van der Waals surface area contributed by atoms with E-state index in [0.29, 0.717) is 6.04 Å². The smallest absolute Gasteiger partial charge is 0.157 e. The van der Waals surface area contributed by atoms with Gasteiger partial charge in [-0.15, -0.1) is 11.3 Å². The average molecular weight is 291 g/mol. The van der Waals surface area contributed by atoms with Crippen molar-refractivity contribution in [1.29, 1.82) is 0 Å². The van der Waals surface area contributed by atoms with Gasteiger partial charge in [0.1, 0.15) is 0 Å². The van der Waals surface area contributed by atoms with Gasteiger partial charge in [0.25, 0.3) is 0 Å². The number of thiophene rings is 1. The molecule has 1 saturated heterocycles. The molecule has 0 spiro atoms. The Morgan fingerprint density at radius 3 is 3.14 bits per heavy atom. The van der Waals surface area contributed by atoms with Crippen LogP contribution in [-0.2, 0) is 6.54 Å². The van der Waals surface area contributed by atoms with Gasteiger partial charge in [-0.3, -0.25) is 4.99 Å². The molecule has 2 nitrogen and oxygen atoms in total. The third kappa shape index (κ3) is 2.74. The van der Waals surface area contributed by atoms with Crippen molar-refractivity contribution in [2.24, 2.45) is 4.99 Å². The van der Waals surface area contributed by atoms with E-state index in [9.17, 15) is 0 Å². The van der Waals surface area contributed by atoms with Crippen molar-refractivity contribution in [3.63, 3.8) is 0 Å². The van der Waals surface area contributed by atoms with Gasteiger partial charge in [0.2, 0.25) is 0 Å². The molecular formula is C9H11BrN2S2. The van der Waals surface area contributed by atoms with Gasteiger partial charge in [0.15, 0.2) is 5.17 Å². The second-order valence-electron chi connectivity index (χ2n) is 3.21. The lowest BCUT2D eigenvalue weighted by Crippen LogP contribution is -2.23. The molecule has 2 rings (SSSR count). The van der Waals surface area contributed by atoms with E-state index in [0.717, 1.165) is 21.9 Å². The van der Waals surface area contributed by atoms with Crippen LogP contribution in [0.1, 0.15) is 11.8 Å². The number of thioether (sulfide) groups is 1. The van der Waals surface area contributed by atoms with E-state index >= 15 is 0 Å². The summed E-state index contributed by atoms with van der Waals surface area (Å²) in [7, 11) is 0. The Morgan fingerprint density at radius 2 is 2.57 bits per heavy atom. The lowest BCUT2D eigenvalue weighted by molar-refractivity contribution is 0.764. The molecule has 0 radical (unpaired) electrons. The maximum atomic E-state index is 4.52. The number of hydrogen-bond donors (Lipinski definition) is 1. The molecule has 0 saturated carbocycles. The molecule has 1 atom stereocenters. The second-order valence-corrected chi connectivity index (χ2v) is 6.13. The summed E-state index contributed by atoms with van der Waals surface area (Å²) in [6.07, 6.45) is 0. The number of nitrogens with one attached hydrogen (secondary N) is 1. The van der Waals surface area contributed by atoms with Gasteiger partial charge in [0.05, 0.1) is 6.54 Å². The Labute approximate surface area is 100 Å². The van der Waals surface area contributed by atoms with E-state index in [1.807, 2.05) is 11.8 Å². The van der Waals surface area contributed by atoms with Gasteiger partial charge in [-0.2, -0.15) is 0 Å². The maximum Gasteiger partial charge on any atom is 0.157 e. The first-order chi connectivity index (χ1) is 6.74. The summed E-state index contributed by atoms with van der Waals surface area (Å²) in [5.74, 6) is 1.13. The van der Waals surface area contributed by atoms with Crippen molar-refractivity contribution < 1.29 is 0 Å². The monoisotopic (exact) mass is 290 g/mol. The Balaban J connectivity index is 1.93. The van der Waals surface area contributed by atoms with E-state index in [4.69, 9.17) is 0 Å². The van der Waals surface area contributed by atoms with E-state index in [1.165, 1.54) is 4.88 Å². The maximum absolute atomic E-state index is 4.52. The van der Waals surface area contributed by atoms with Gasteiger partial charge in [0, 0.05) is 26.5 Å². The third-order valence-electron chi connectivity index (χ3n) is 1.84. The van der Waals surface area contributed by atoms with Crippen molar-refractivity contribution in [2.45, 2.75) is 19.5 Å². The summed E-state index contributed by atoms with van der Waals surface area (Å²) in [6, 6.07) is 2.69. The topological polar surface area (TPSA) is 24.4 Å². The molecule has 0 amide bonds. The third-order valence-corrected chi connectivity index (χ3v) is 4.71. The first-order valence-electron chi connectivity index (χ1n) is 4.41. The summed E-state index contributed by atoms with van der Waals surface area (Å²) in [4.78, 5) is 5.81. The Morgan fingerprint density at radius 1 is 1.71 bits per heavy atom. The van der Waals surface area contributed by atoms with Gasteiger partial charge in [-0.25, -0.2) is 0 Å². The minimum atomic E-state index is 0.564. The van der Waals surface area contributed by atoms with E-state index in [-0.39, 0.29) is 0 Å². The number of aliphatic imine (C=N–C) groups is 1. The Hall–Kier alpha value is -0.0000000000000000833. The lowest BCUT2D eigenvalue weighted by Gasteiger charge is -1.99. The fourth-order valence-corrected chi connectivity index (χ4v) is 3.48.